The molecule has 0 aliphatic carbocycles. The van der Waals surface area contributed by atoms with Gasteiger partial charge >= 0.3 is 0 Å². The Balaban J connectivity index is 2.00. The molecule has 2 fully saturated rings. The largest absolute Gasteiger partial charge is 0.395 e. The second-order valence-corrected chi connectivity index (χ2v) is 6.42. The van der Waals surface area contributed by atoms with Gasteiger partial charge in [0, 0.05) is 38.9 Å². The molecule has 2 aliphatic heterocycles. The van der Waals surface area contributed by atoms with Crippen molar-refractivity contribution in [2.24, 2.45) is 11.3 Å². The van der Waals surface area contributed by atoms with Gasteiger partial charge in [-0.25, -0.2) is 0 Å². The van der Waals surface area contributed by atoms with Gasteiger partial charge in [0.25, 0.3) is 0 Å². The van der Waals surface area contributed by atoms with Gasteiger partial charge in [-0.3, -0.25) is 9.69 Å². The number of ether oxygens (including phenoxy) is 1. The Kier molecular flexibility index (Phi) is 6.18. The van der Waals surface area contributed by atoms with Crippen LogP contribution in [0.15, 0.2) is 0 Å². The van der Waals surface area contributed by atoms with E-state index >= 15 is 0 Å². The summed E-state index contributed by atoms with van der Waals surface area (Å²) in [6.07, 6.45) is 3.07. The number of nitrogens with zero attached hydrogens (tertiary/aromatic N) is 2. The molecule has 22 heavy (non-hydrogen) atoms. The van der Waals surface area contributed by atoms with Crippen LogP contribution in [0.1, 0.15) is 32.6 Å². The zero-order valence-corrected chi connectivity index (χ0v) is 13.4. The molecular formula is C16H27N3O3. The molecule has 6 nitrogen and oxygen atoms in total. The van der Waals surface area contributed by atoms with Gasteiger partial charge in [-0.2, -0.15) is 5.26 Å². The first-order valence-electron chi connectivity index (χ1n) is 8.28. The zero-order valence-electron chi connectivity index (χ0n) is 13.4. The Labute approximate surface area is 132 Å². The van der Waals surface area contributed by atoms with Crippen molar-refractivity contribution in [2.75, 3.05) is 39.5 Å². The average Bonchev–Trinajstić information content (AvgIpc) is 2.90. The van der Waals surface area contributed by atoms with Crippen LogP contribution in [0.4, 0.5) is 0 Å². The minimum Gasteiger partial charge on any atom is -0.395 e. The van der Waals surface area contributed by atoms with Crippen molar-refractivity contribution in [1.82, 2.24) is 10.2 Å². The third-order valence-electron chi connectivity index (χ3n) is 4.90. The first-order valence-corrected chi connectivity index (χ1v) is 8.28. The molecule has 124 valence electrons. The number of carbonyl (C=O) groups is 1. The highest BCUT2D eigenvalue weighted by atomic mass is 16.5. The van der Waals surface area contributed by atoms with Gasteiger partial charge < -0.3 is 15.2 Å². The van der Waals surface area contributed by atoms with E-state index in [0.717, 1.165) is 25.9 Å². The summed E-state index contributed by atoms with van der Waals surface area (Å²) in [5.74, 6) is 0.256. The summed E-state index contributed by atoms with van der Waals surface area (Å²) in [5.41, 5.74) is -0.931. The molecule has 2 rings (SSSR count). The molecule has 2 saturated heterocycles. The van der Waals surface area contributed by atoms with Gasteiger partial charge in [0.1, 0.15) is 5.41 Å². The van der Waals surface area contributed by atoms with E-state index < -0.39 is 5.41 Å². The lowest BCUT2D eigenvalue weighted by Gasteiger charge is -2.31. The SMILES string of the molecule is CCC[C@H]1CN(CCO)C[C@@H]1NC(=O)C1(C#N)CCOCC1. The van der Waals surface area contributed by atoms with E-state index in [1.54, 1.807) is 0 Å². The fourth-order valence-electron chi connectivity index (χ4n) is 3.53. The minimum absolute atomic E-state index is 0.0760. The minimum atomic E-state index is -0.931. The summed E-state index contributed by atoms with van der Waals surface area (Å²) < 4.78 is 5.29. The summed E-state index contributed by atoms with van der Waals surface area (Å²) in [4.78, 5) is 14.9. The number of aliphatic hydroxyl groups excluding tert-OH is 1. The number of hydrogen-bond donors (Lipinski definition) is 2. The summed E-state index contributed by atoms with van der Waals surface area (Å²) >= 11 is 0. The predicted molar refractivity (Wildman–Crippen MR) is 82.0 cm³/mol. The lowest BCUT2D eigenvalue weighted by molar-refractivity contribution is -0.133. The van der Waals surface area contributed by atoms with Crippen molar-refractivity contribution in [2.45, 2.75) is 38.6 Å². The fourth-order valence-corrected chi connectivity index (χ4v) is 3.53. The maximum atomic E-state index is 12.7. The number of nitriles is 1. The van der Waals surface area contributed by atoms with Crippen LogP contribution in [0.5, 0.6) is 0 Å². The van der Waals surface area contributed by atoms with Crippen LogP contribution in [0.3, 0.4) is 0 Å². The van der Waals surface area contributed by atoms with Crippen molar-refractivity contribution in [3.8, 4) is 6.07 Å². The quantitative estimate of drug-likeness (QED) is 0.747. The van der Waals surface area contributed by atoms with Crippen molar-refractivity contribution < 1.29 is 14.6 Å². The van der Waals surface area contributed by atoms with E-state index in [1.165, 1.54) is 0 Å². The number of likely N-dealkylation sites (tertiary alicyclic amines) is 1. The first-order chi connectivity index (χ1) is 10.6. The van der Waals surface area contributed by atoms with Crippen LogP contribution in [0.25, 0.3) is 0 Å². The fraction of sp³-hybridized carbons (Fsp3) is 0.875. The van der Waals surface area contributed by atoms with Gasteiger partial charge in [-0.05, 0) is 25.2 Å². The van der Waals surface area contributed by atoms with Crippen molar-refractivity contribution >= 4 is 5.91 Å². The van der Waals surface area contributed by atoms with Gasteiger partial charge in [-0.15, -0.1) is 0 Å². The smallest absolute Gasteiger partial charge is 0.240 e. The lowest BCUT2D eigenvalue weighted by Crippen LogP contribution is -2.50. The molecule has 0 aromatic carbocycles. The van der Waals surface area contributed by atoms with E-state index in [1.807, 2.05) is 0 Å². The third-order valence-corrected chi connectivity index (χ3v) is 4.90. The molecule has 0 unspecified atom stereocenters. The summed E-state index contributed by atoms with van der Waals surface area (Å²) in [6, 6.07) is 2.30. The molecule has 2 N–H and O–H groups in total. The van der Waals surface area contributed by atoms with E-state index in [4.69, 9.17) is 9.84 Å². The molecule has 0 saturated carbocycles. The van der Waals surface area contributed by atoms with Crippen LogP contribution in [-0.4, -0.2) is 61.4 Å². The molecule has 2 aliphatic rings. The maximum Gasteiger partial charge on any atom is 0.240 e. The van der Waals surface area contributed by atoms with Crippen molar-refractivity contribution in [3.63, 3.8) is 0 Å². The maximum absolute atomic E-state index is 12.7. The molecule has 0 spiro atoms. The van der Waals surface area contributed by atoms with Crippen LogP contribution in [-0.2, 0) is 9.53 Å². The van der Waals surface area contributed by atoms with E-state index in [0.29, 0.717) is 38.5 Å². The van der Waals surface area contributed by atoms with Gasteiger partial charge in [0.05, 0.1) is 12.7 Å². The number of nitrogens with one attached hydrogen (secondary N) is 1. The Bertz CT molecular complexity index is 415. The Morgan fingerprint density at radius 3 is 2.77 bits per heavy atom. The number of aliphatic hydroxyl groups is 1. The van der Waals surface area contributed by atoms with Gasteiger partial charge in [0.2, 0.25) is 5.91 Å². The topological polar surface area (TPSA) is 85.6 Å². The highest BCUT2D eigenvalue weighted by Crippen LogP contribution is 2.31. The normalized spacial score (nSPS) is 28.2. The second-order valence-electron chi connectivity index (χ2n) is 6.42. The van der Waals surface area contributed by atoms with Crippen molar-refractivity contribution in [1.29, 1.82) is 5.26 Å². The number of rotatable bonds is 6. The molecule has 2 atom stereocenters. The number of carbonyl (C=O) groups excluding carboxylic acids is 1. The molecule has 0 bridgehead atoms. The molecule has 1 amide bonds. The summed E-state index contributed by atoms with van der Waals surface area (Å²) in [6.45, 7) is 5.53. The number of β-amino-alcohol motifs (C(OH)–C–C–N with tert-alkyl or cyclic N) is 1. The second kappa shape index (κ2) is 7.91. The van der Waals surface area contributed by atoms with E-state index in [9.17, 15) is 10.1 Å². The van der Waals surface area contributed by atoms with Crippen LogP contribution in [0, 0.1) is 22.7 Å². The zero-order chi connectivity index (χ0) is 16.0. The Hall–Kier alpha value is -1.16. The van der Waals surface area contributed by atoms with E-state index in [2.05, 4.69) is 23.2 Å². The third kappa shape index (κ3) is 3.78. The molecule has 0 aromatic heterocycles. The molecular weight excluding hydrogens is 282 g/mol. The van der Waals surface area contributed by atoms with Gasteiger partial charge in [0.15, 0.2) is 0 Å². The molecule has 0 radical (unpaired) electrons. The first kappa shape index (κ1) is 17.2. The van der Waals surface area contributed by atoms with Crippen LogP contribution in [0.2, 0.25) is 0 Å². The van der Waals surface area contributed by atoms with E-state index in [-0.39, 0.29) is 18.6 Å². The Morgan fingerprint density at radius 2 is 2.18 bits per heavy atom. The molecule has 0 aromatic rings. The summed E-state index contributed by atoms with van der Waals surface area (Å²) in [5, 5.41) is 21.7. The molecule has 6 heteroatoms. The average molecular weight is 309 g/mol. The predicted octanol–water partition coefficient (Wildman–Crippen LogP) is 0.516. The number of amides is 1. The van der Waals surface area contributed by atoms with Crippen LogP contribution >= 0.6 is 0 Å². The standard InChI is InChI=1S/C16H27N3O3/c1-2-3-13-10-19(6-7-20)11-14(13)18-15(21)16(12-17)4-8-22-9-5-16/h13-14,20H,2-11H2,1H3,(H,18,21)/t13-,14-/m0/s1. The van der Waals surface area contributed by atoms with Crippen LogP contribution < -0.4 is 5.32 Å². The lowest BCUT2D eigenvalue weighted by atomic mass is 9.80. The monoisotopic (exact) mass is 309 g/mol. The Morgan fingerprint density at radius 1 is 1.45 bits per heavy atom. The number of hydrogen-bond acceptors (Lipinski definition) is 5. The van der Waals surface area contributed by atoms with Crippen molar-refractivity contribution in [3.05, 3.63) is 0 Å². The molecule has 2 heterocycles. The summed E-state index contributed by atoms with van der Waals surface area (Å²) in [7, 11) is 0. The van der Waals surface area contributed by atoms with Gasteiger partial charge in [-0.1, -0.05) is 13.3 Å². The highest BCUT2D eigenvalue weighted by Gasteiger charge is 2.43. The highest BCUT2D eigenvalue weighted by molar-refractivity contribution is 5.85.